The first-order valence-electron chi connectivity index (χ1n) is 3.67. The van der Waals surface area contributed by atoms with Gasteiger partial charge in [0.2, 0.25) is 0 Å². The molecule has 0 aromatic heterocycles. The van der Waals surface area contributed by atoms with Gasteiger partial charge in [0, 0.05) is 5.25 Å². The molecule has 2 fully saturated rings. The molecule has 0 N–H and O–H groups in total. The average molecular weight is 158 g/mol. The molecule has 0 amide bonds. The summed E-state index contributed by atoms with van der Waals surface area (Å²) in [4.78, 5) is 10.8. The van der Waals surface area contributed by atoms with Crippen molar-refractivity contribution in [2.75, 3.05) is 5.75 Å². The molecular formula is C7H10O2S. The first kappa shape index (κ1) is 6.53. The van der Waals surface area contributed by atoms with E-state index in [0.717, 1.165) is 6.42 Å². The average Bonchev–Trinajstić information content (AvgIpc) is 2.33. The summed E-state index contributed by atoms with van der Waals surface area (Å²) in [6.07, 6.45) is 3.81. The first-order chi connectivity index (χ1) is 4.86. The maximum Gasteiger partial charge on any atom is 0.316 e. The van der Waals surface area contributed by atoms with Crippen LogP contribution in [0.15, 0.2) is 0 Å². The van der Waals surface area contributed by atoms with Gasteiger partial charge in [0.25, 0.3) is 0 Å². The van der Waals surface area contributed by atoms with Gasteiger partial charge in [-0.25, -0.2) is 0 Å². The second kappa shape index (κ2) is 2.46. The van der Waals surface area contributed by atoms with E-state index in [1.807, 2.05) is 0 Å². The van der Waals surface area contributed by atoms with Gasteiger partial charge in [-0.05, 0) is 19.3 Å². The summed E-state index contributed by atoms with van der Waals surface area (Å²) in [6, 6.07) is 0. The molecule has 1 saturated heterocycles. The molecule has 2 nitrogen and oxygen atoms in total. The van der Waals surface area contributed by atoms with Gasteiger partial charge in [-0.15, -0.1) is 11.8 Å². The van der Waals surface area contributed by atoms with E-state index in [2.05, 4.69) is 0 Å². The van der Waals surface area contributed by atoms with Gasteiger partial charge in [-0.2, -0.15) is 0 Å². The van der Waals surface area contributed by atoms with Gasteiger partial charge in [0.15, 0.2) is 0 Å². The van der Waals surface area contributed by atoms with E-state index >= 15 is 0 Å². The number of rotatable bonds is 0. The molecule has 3 heteroatoms. The molecule has 0 unspecified atom stereocenters. The first-order valence-corrected chi connectivity index (χ1v) is 4.72. The zero-order chi connectivity index (χ0) is 6.97. The summed E-state index contributed by atoms with van der Waals surface area (Å²) in [7, 11) is 0. The van der Waals surface area contributed by atoms with Crippen molar-refractivity contribution in [1.82, 2.24) is 0 Å². The van der Waals surface area contributed by atoms with Crippen molar-refractivity contribution in [3.05, 3.63) is 0 Å². The Hall–Kier alpha value is -0.180. The lowest BCUT2D eigenvalue weighted by Crippen LogP contribution is -2.31. The maximum atomic E-state index is 10.8. The lowest BCUT2D eigenvalue weighted by atomic mass is 10.3. The Morgan fingerprint density at radius 1 is 1.50 bits per heavy atom. The molecule has 0 aromatic rings. The summed E-state index contributed by atoms with van der Waals surface area (Å²) in [5.41, 5.74) is 0. The Morgan fingerprint density at radius 3 is 3.30 bits per heavy atom. The highest BCUT2D eigenvalue weighted by molar-refractivity contribution is 8.00. The number of hydrogen-bond donors (Lipinski definition) is 0. The van der Waals surface area contributed by atoms with Crippen LogP contribution in [0.1, 0.15) is 19.3 Å². The van der Waals surface area contributed by atoms with Crippen LogP contribution in [0.25, 0.3) is 0 Å². The fourth-order valence-electron chi connectivity index (χ4n) is 1.60. The lowest BCUT2D eigenvalue weighted by molar-refractivity contribution is -0.146. The largest absolute Gasteiger partial charge is 0.461 e. The zero-order valence-electron chi connectivity index (χ0n) is 5.71. The standard InChI is InChI=1S/C7H10O2S/c8-7-4-10-6-3-1-2-5(6)9-7/h5-6H,1-4H2/t5-,6-/m1/s1. The van der Waals surface area contributed by atoms with Crippen LogP contribution in [-0.2, 0) is 9.53 Å². The maximum absolute atomic E-state index is 10.8. The highest BCUT2D eigenvalue weighted by Crippen LogP contribution is 2.35. The third-order valence-electron chi connectivity index (χ3n) is 2.09. The van der Waals surface area contributed by atoms with Crippen LogP contribution in [0.5, 0.6) is 0 Å². The Kier molecular flexibility index (Phi) is 1.60. The van der Waals surface area contributed by atoms with E-state index in [-0.39, 0.29) is 12.1 Å². The Labute approximate surface area is 64.3 Å². The number of thioether (sulfide) groups is 1. The normalized spacial score (nSPS) is 39.0. The molecule has 0 spiro atoms. The molecule has 1 saturated carbocycles. The minimum atomic E-state index is -0.0202. The number of esters is 1. The van der Waals surface area contributed by atoms with Crippen LogP contribution in [0.4, 0.5) is 0 Å². The summed E-state index contributed by atoms with van der Waals surface area (Å²) in [5, 5.41) is 0.623. The summed E-state index contributed by atoms with van der Waals surface area (Å²) >= 11 is 1.77. The van der Waals surface area contributed by atoms with Crippen molar-refractivity contribution in [3.63, 3.8) is 0 Å². The Morgan fingerprint density at radius 2 is 2.40 bits per heavy atom. The third-order valence-corrected chi connectivity index (χ3v) is 3.46. The fourth-order valence-corrected chi connectivity index (χ4v) is 2.75. The number of hydrogen-bond acceptors (Lipinski definition) is 3. The lowest BCUT2D eigenvalue weighted by Gasteiger charge is -2.24. The van der Waals surface area contributed by atoms with Crippen molar-refractivity contribution in [1.29, 1.82) is 0 Å². The highest BCUT2D eigenvalue weighted by Gasteiger charge is 2.34. The van der Waals surface area contributed by atoms with Crippen LogP contribution >= 0.6 is 11.8 Å². The van der Waals surface area contributed by atoms with Gasteiger partial charge in [-0.3, -0.25) is 4.79 Å². The smallest absolute Gasteiger partial charge is 0.316 e. The highest BCUT2D eigenvalue weighted by atomic mass is 32.2. The molecule has 56 valence electrons. The van der Waals surface area contributed by atoms with E-state index < -0.39 is 0 Å². The van der Waals surface area contributed by atoms with Crippen molar-refractivity contribution >= 4 is 17.7 Å². The summed E-state index contributed by atoms with van der Waals surface area (Å²) in [6.45, 7) is 0. The molecule has 10 heavy (non-hydrogen) atoms. The number of fused-ring (bicyclic) bond motifs is 1. The Bertz CT molecular complexity index is 158. The van der Waals surface area contributed by atoms with Crippen LogP contribution in [0, 0.1) is 0 Å². The summed E-state index contributed by atoms with van der Waals surface area (Å²) in [5.74, 6) is 0.550. The van der Waals surface area contributed by atoms with Crippen LogP contribution in [0.3, 0.4) is 0 Å². The number of carbonyl (C=O) groups excluding carboxylic acids is 1. The van der Waals surface area contributed by atoms with E-state index in [1.165, 1.54) is 12.8 Å². The van der Waals surface area contributed by atoms with Gasteiger partial charge >= 0.3 is 5.97 Å². The van der Waals surface area contributed by atoms with Gasteiger partial charge in [0.05, 0.1) is 5.75 Å². The molecular weight excluding hydrogens is 148 g/mol. The van der Waals surface area contributed by atoms with Gasteiger partial charge in [-0.1, -0.05) is 0 Å². The zero-order valence-corrected chi connectivity index (χ0v) is 6.52. The fraction of sp³-hybridized carbons (Fsp3) is 0.857. The molecule has 0 bridgehead atoms. The quantitative estimate of drug-likeness (QED) is 0.495. The van der Waals surface area contributed by atoms with E-state index in [1.54, 1.807) is 11.8 Å². The van der Waals surface area contributed by atoms with Crippen molar-refractivity contribution < 1.29 is 9.53 Å². The second-order valence-corrected chi connectivity index (χ2v) is 4.04. The topological polar surface area (TPSA) is 26.3 Å². The molecule has 2 aliphatic rings. The van der Waals surface area contributed by atoms with E-state index in [4.69, 9.17) is 4.74 Å². The molecule has 1 aliphatic carbocycles. The predicted molar refractivity (Wildman–Crippen MR) is 40.0 cm³/mol. The Balaban J connectivity index is 2.03. The van der Waals surface area contributed by atoms with Gasteiger partial charge < -0.3 is 4.74 Å². The second-order valence-electron chi connectivity index (χ2n) is 2.81. The van der Waals surface area contributed by atoms with E-state index in [9.17, 15) is 4.79 Å². The molecule has 1 aliphatic heterocycles. The number of ether oxygens (including phenoxy) is 1. The molecule has 2 rings (SSSR count). The molecule has 1 heterocycles. The monoisotopic (exact) mass is 158 g/mol. The van der Waals surface area contributed by atoms with Crippen LogP contribution < -0.4 is 0 Å². The molecule has 0 radical (unpaired) electrons. The third kappa shape index (κ3) is 1.03. The van der Waals surface area contributed by atoms with E-state index in [0.29, 0.717) is 11.0 Å². The van der Waals surface area contributed by atoms with Crippen LogP contribution in [0.2, 0.25) is 0 Å². The SMILES string of the molecule is O=C1CS[C@@H]2CCC[C@H]2O1. The minimum absolute atomic E-state index is 0.0202. The van der Waals surface area contributed by atoms with Gasteiger partial charge in [0.1, 0.15) is 6.10 Å². The molecule has 2 atom stereocenters. The summed E-state index contributed by atoms with van der Waals surface area (Å²) < 4.78 is 5.15. The minimum Gasteiger partial charge on any atom is -0.461 e. The van der Waals surface area contributed by atoms with Crippen molar-refractivity contribution in [2.45, 2.75) is 30.6 Å². The van der Waals surface area contributed by atoms with Crippen molar-refractivity contribution in [3.8, 4) is 0 Å². The number of carbonyl (C=O) groups is 1. The molecule has 0 aromatic carbocycles. The predicted octanol–water partition coefficient (Wildman–Crippen LogP) is 1.20. The van der Waals surface area contributed by atoms with Crippen molar-refractivity contribution in [2.24, 2.45) is 0 Å². The van der Waals surface area contributed by atoms with Crippen LogP contribution in [-0.4, -0.2) is 23.1 Å².